The van der Waals surface area contributed by atoms with Gasteiger partial charge in [0.15, 0.2) is 0 Å². The molecule has 2 unspecified atom stereocenters. The zero-order valence-electron chi connectivity index (χ0n) is 7.52. The molecule has 0 saturated carbocycles. The normalized spacial score (nSPS) is 9.92. The Kier molecular flexibility index (Phi) is 27.1. The van der Waals surface area contributed by atoms with Crippen LogP contribution in [0.15, 0.2) is 0 Å². The summed E-state index contributed by atoms with van der Waals surface area (Å²) in [5.41, 5.74) is 0. The molecule has 0 N–H and O–H groups in total. The molecule has 0 saturated heterocycles. The molecular weight excluding hydrogens is 213 g/mol. The van der Waals surface area contributed by atoms with Crippen LogP contribution in [0.3, 0.4) is 0 Å². The maximum absolute atomic E-state index is 9.41. The summed E-state index contributed by atoms with van der Waals surface area (Å²) in [5.74, 6) is 1.92. The Balaban J connectivity index is -0.000000112. The molecule has 0 radical (unpaired) electrons. The van der Waals surface area contributed by atoms with Gasteiger partial charge in [0, 0.05) is 0 Å². The first-order valence-corrected chi connectivity index (χ1v) is 7.23. The minimum atomic E-state index is -2.10. The van der Waals surface area contributed by atoms with Gasteiger partial charge in [-0.3, -0.25) is 0 Å². The van der Waals surface area contributed by atoms with E-state index < -0.39 is 16.1 Å². The molecule has 0 aliphatic carbocycles. The van der Waals surface area contributed by atoms with Gasteiger partial charge in [0.1, 0.15) is 12.3 Å². The van der Waals surface area contributed by atoms with Crippen molar-refractivity contribution in [2.45, 2.75) is 19.6 Å². The summed E-state index contributed by atoms with van der Waals surface area (Å²) in [7, 11) is -4.20. The Morgan fingerprint density at radius 3 is 1.08 bits per heavy atom. The summed E-state index contributed by atoms with van der Waals surface area (Å²) < 4.78 is 18.8. The van der Waals surface area contributed by atoms with E-state index in [0.29, 0.717) is 0 Å². The van der Waals surface area contributed by atoms with Crippen LogP contribution in [0.5, 0.6) is 0 Å². The third kappa shape index (κ3) is 45.9. The molecule has 0 bridgehead atoms. The number of hydrogen-bond acceptors (Lipinski definition) is 4. The van der Waals surface area contributed by atoms with E-state index in [1.54, 1.807) is 13.8 Å². The van der Waals surface area contributed by atoms with Gasteiger partial charge in [-0.1, -0.05) is 9.13 Å². The van der Waals surface area contributed by atoms with Crippen molar-refractivity contribution in [2.24, 2.45) is 0 Å². The molecule has 0 aliphatic heterocycles. The molecule has 0 amide bonds. The monoisotopic (exact) mass is 226 g/mol. The number of hydrogen-bond donors (Lipinski definition) is 0. The quantitative estimate of drug-likeness (QED) is 0.504. The van der Waals surface area contributed by atoms with E-state index in [1.165, 1.54) is 0 Å². The van der Waals surface area contributed by atoms with Gasteiger partial charge in [-0.2, -0.15) is 0 Å². The molecule has 0 spiro atoms. The van der Waals surface area contributed by atoms with Crippen LogP contribution in [0.4, 0.5) is 0 Å². The third-order valence-electron chi connectivity index (χ3n) is 0.516. The molecule has 0 aromatic rings. The SMILES string of the molecule is CC[P+](=O)[O-].CC[P+](=O)[O-].[CH3][Al+2]. The molecule has 0 rings (SSSR count). The van der Waals surface area contributed by atoms with Crippen LogP contribution in [0.2, 0.25) is 5.79 Å². The van der Waals surface area contributed by atoms with Crippen molar-refractivity contribution >= 4 is 32.3 Å². The molecule has 7 heteroatoms. The standard InChI is InChI=1S/2C2H5O2P.CH3.Al/c2*1-2-5(3)4;;/h2*2H2,1H3;1H3;/q;;;+2. The third-order valence-corrected chi connectivity index (χ3v) is 1.55. The second-order valence-corrected chi connectivity index (χ2v) is 3.89. The van der Waals surface area contributed by atoms with Gasteiger partial charge in [0.05, 0.1) is 0 Å². The fourth-order valence-electron chi connectivity index (χ4n) is 0. The van der Waals surface area contributed by atoms with Crippen molar-refractivity contribution in [3.8, 4) is 0 Å². The summed E-state index contributed by atoms with van der Waals surface area (Å²) in [6.45, 7) is 3.21. The van der Waals surface area contributed by atoms with Crippen molar-refractivity contribution < 1.29 is 18.9 Å². The maximum atomic E-state index is 9.41. The molecule has 0 aliphatic rings. The van der Waals surface area contributed by atoms with Gasteiger partial charge >= 0.3 is 38.1 Å². The van der Waals surface area contributed by atoms with E-state index in [4.69, 9.17) is 0 Å². The van der Waals surface area contributed by atoms with Crippen molar-refractivity contribution in [1.29, 1.82) is 0 Å². The summed E-state index contributed by atoms with van der Waals surface area (Å²) in [6, 6.07) is 0. The van der Waals surface area contributed by atoms with Crippen LogP contribution >= 0.6 is 16.1 Å². The van der Waals surface area contributed by atoms with E-state index in [9.17, 15) is 18.9 Å². The van der Waals surface area contributed by atoms with Crippen LogP contribution in [0, 0.1) is 0 Å². The van der Waals surface area contributed by atoms with Gasteiger partial charge in [0.25, 0.3) is 0 Å². The van der Waals surface area contributed by atoms with Gasteiger partial charge in [-0.15, -0.1) is 0 Å². The average molecular weight is 226 g/mol. The molecule has 0 aromatic carbocycles. The van der Waals surface area contributed by atoms with Crippen LogP contribution in [-0.4, -0.2) is 28.6 Å². The van der Waals surface area contributed by atoms with Crippen molar-refractivity contribution in [1.82, 2.24) is 0 Å². The Hall–Kier alpha value is 0.652. The summed E-state index contributed by atoms with van der Waals surface area (Å²) in [6.07, 6.45) is 0.519. The first kappa shape index (κ1) is 18.4. The van der Waals surface area contributed by atoms with E-state index in [2.05, 4.69) is 16.3 Å². The Labute approximate surface area is 83.5 Å². The van der Waals surface area contributed by atoms with Gasteiger partial charge in [-0.25, -0.2) is 0 Å². The van der Waals surface area contributed by atoms with Crippen LogP contribution in [0.25, 0.3) is 0 Å². The second-order valence-electron chi connectivity index (χ2n) is 1.30. The summed E-state index contributed by atoms with van der Waals surface area (Å²) in [4.78, 5) is 18.8. The second kappa shape index (κ2) is 17.7. The van der Waals surface area contributed by atoms with Crippen LogP contribution in [-0.2, 0) is 9.13 Å². The van der Waals surface area contributed by atoms with Crippen molar-refractivity contribution in [2.75, 3.05) is 12.3 Å². The van der Waals surface area contributed by atoms with Crippen LogP contribution in [0.1, 0.15) is 13.8 Å². The molecular formula is C5H13AlO4P2+2. The van der Waals surface area contributed by atoms with Gasteiger partial charge in [-0.05, 0) is 13.8 Å². The van der Waals surface area contributed by atoms with Gasteiger partial charge in [0.2, 0.25) is 0 Å². The van der Waals surface area contributed by atoms with E-state index in [0.717, 1.165) is 0 Å². The van der Waals surface area contributed by atoms with E-state index in [-0.39, 0.29) is 12.3 Å². The Morgan fingerprint density at radius 1 is 1.00 bits per heavy atom. The molecule has 4 nitrogen and oxygen atoms in total. The average Bonchev–Trinajstić information content (AvgIpc) is 2.09. The van der Waals surface area contributed by atoms with E-state index in [1.807, 2.05) is 5.79 Å². The van der Waals surface area contributed by atoms with Gasteiger partial charge < -0.3 is 9.79 Å². The van der Waals surface area contributed by atoms with E-state index >= 15 is 0 Å². The first-order valence-electron chi connectivity index (χ1n) is 3.35. The Morgan fingerprint density at radius 2 is 1.08 bits per heavy atom. The molecule has 0 fully saturated rings. The summed E-state index contributed by atoms with van der Waals surface area (Å²) >= 11 is 2.42. The molecule has 0 heterocycles. The predicted octanol–water partition coefficient (Wildman–Crippen LogP) is 0.421. The predicted molar refractivity (Wildman–Crippen MR) is 47.9 cm³/mol. The first-order chi connectivity index (χ1) is 5.54. The fourth-order valence-corrected chi connectivity index (χ4v) is 0. The topological polar surface area (TPSA) is 80.3 Å². The molecule has 12 heavy (non-hydrogen) atoms. The summed E-state index contributed by atoms with van der Waals surface area (Å²) in [5, 5.41) is 0. The van der Waals surface area contributed by atoms with Crippen molar-refractivity contribution in [3.05, 3.63) is 0 Å². The number of rotatable bonds is 2. The molecule has 2 atom stereocenters. The van der Waals surface area contributed by atoms with Crippen molar-refractivity contribution in [3.63, 3.8) is 0 Å². The zero-order chi connectivity index (χ0) is 10.6. The molecule has 0 aromatic heterocycles. The van der Waals surface area contributed by atoms with Crippen LogP contribution < -0.4 is 9.79 Å². The Bertz CT molecular complexity index is 106. The fraction of sp³-hybridized carbons (Fsp3) is 1.00. The minimum absolute atomic E-state index is 0.259. The zero-order valence-corrected chi connectivity index (χ0v) is 10.5. The molecule has 68 valence electrons.